The van der Waals surface area contributed by atoms with Crippen LogP contribution < -0.4 is 0 Å². The minimum absolute atomic E-state index is 0.357. The summed E-state index contributed by atoms with van der Waals surface area (Å²) in [4.78, 5) is 10.9. The molecule has 0 atom stereocenters. The molecular weight excluding hydrogens is 174 g/mol. The Balaban J connectivity index is 2.54. The van der Waals surface area contributed by atoms with E-state index in [4.69, 9.17) is 5.26 Å². The lowest BCUT2D eigenvalue weighted by molar-refractivity contribution is 0.112. The van der Waals surface area contributed by atoms with Crippen molar-refractivity contribution in [3.63, 3.8) is 0 Å². The third-order valence-electron chi connectivity index (χ3n) is 2.81. The molecule has 0 saturated heterocycles. The predicted molar refractivity (Wildman–Crippen MR) is 53.1 cm³/mol. The number of hydrogen-bond acceptors (Lipinski definition) is 2. The van der Waals surface area contributed by atoms with E-state index in [2.05, 4.69) is 6.07 Å². The van der Waals surface area contributed by atoms with Gasteiger partial charge in [-0.2, -0.15) is 5.26 Å². The number of carbonyl (C=O) groups excluding carboxylic acids is 1. The van der Waals surface area contributed by atoms with Gasteiger partial charge in [0.05, 0.1) is 11.5 Å². The molecule has 1 aromatic rings. The first-order valence-electron chi connectivity index (χ1n) is 4.69. The zero-order valence-corrected chi connectivity index (χ0v) is 8.08. The predicted octanol–water partition coefficient (Wildman–Crippen LogP) is 2.36. The first-order chi connectivity index (χ1) is 6.72. The van der Waals surface area contributed by atoms with Gasteiger partial charge in [-0.1, -0.05) is 17.7 Å². The molecule has 0 bridgehead atoms. The first kappa shape index (κ1) is 8.96. The Bertz CT molecular complexity index is 424. The van der Waals surface area contributed by atoms with E-state index in [1.165, 1.54) is 0 Å². The second-order valence-corrected chi connectivity index (χ2v) is 3.90. The quantitative estimate of drug-likeness (QED) is 0.663. The van der Waals surface area contributed by atoms with Crippen molar-refractivity contribution < 1.29 is 4.79 Å². The van der Waals surface area contributed by atoms with E-state index < -0.39 is 0 Å². The molecule has 1 aromatic carbocycles. The smallest absolute Gasteiger partial charge is 0.150 e. The Hall–Kier alpha value is -1.62. The van der Waals surface area contributed by atoms with Crippen molar-refractivity contribution in [1.29, 1.82) is 5.26 Å². The van der Waals surface area contributed by atoms with E-state index in [0.717, 1.165) is 30.3 Å². The summed E-state index contributed by atoms with van der Waals surface area (Å²) < 4.78 is 0. The minimum atomic E-state index is -0.357. The van der Waals surface area contributed by atoms with Gasteiger partial charge in [0.25, 0.3) is 0 Å². The molecule has 0 amide bonds. The van der Waals surface area contributed by atoms with Crippen LogP contribution in [0.5, 0.6) is 0 Å². The number of nitriles is 1. The second kappa shape index (κ2) is 2.95. The Morgan fingerprint density at radius 3 is 2.71 bits per heavy atom. The van der Waals surface area contributed by atoms with E-state index in [1.54, 1.807) is 0 Å². The Morgan fingerprint density at radius 2 is 2.21 bits per heavy atom. The Morgan fingerprint density at radius 1 is 1.50 bits per heavy atom. The Labute approximate surface area is 83.2 Å². The van der Waals surface area contributed by atoms with Gasteiger partial charge in [-0.3, -0.25) is 4.79 Å². The van der Waals surface area contributed by atoms with Crippen molar-refractivity contribution in [1.82, 2.24) is 0 Å². The lowest BCUT2D eigenvalue weighted by Gasteiger charge is -2.09. The van der Waals surface area contributed by atoms with E-state index in [-0.39, 0.29) is 5.41 Å². The third-order valence-corrected chi connectivity index (χ3v) is 2.81. The molecule has 0 aromatic heterocycles. The van der Waals surface area contributed by atoms with Gasteiger partial charge in [0.15, 0.2) is 0 Å². The van der Waals surface area contributed by atoms with E-state index in [0.29, 0.717) is 5.56 Å². The van der Waals surface area contributed by atoms with Gasteiger partial charge in [-0.15, -0.1) is 0 Å². The van der Waals surface area contributed by atoms with Crippen LogP contribution in [-0.4, -0.2) is 6.29 Å². The fourth-order valence-corrected chi connectivity index (χ4v) is 1.78. The topological polar surface area (TPSA) is 40.9 Å². The molecule has 2 heteroatoms. The van der Waals surface area contributed by atoms with Gasteiger partial charge in [0.2, 0.25) is 0 Å². The van der Waals surface area contributed by atoms with Crippen LogP contribution in [0.1, 0.15) is 34.3 Å². The van der Waals surface area contributed by atoms with E-state index in [9.17, 15) is 4.79 Å². The maximum Gasteiger partial charge on any atom is 0.150 e. The van der Waals surface area contributed by atoms with Crippen LogP contribution in [0.2, 0.25) is 0 Å². The van der Waals surface area contributed by atoms with E-state index in [1.807, 2.05) is 25.1 Å². The molecular formula is C12H11NO. The Kier molecular flexibility index (Phi) is 1.89. The number of rotatable bonds is 2. The summed E-state index contributed by atoms with van der Waals surface area (Å²) in [6, 6.07) is 8.02. The highest BCUT2D eigenvalue weighted by molar-refractivity contribution is 5.79. The van der Waals surface area contributed by atoms with Crippen molar-refractivity contribution >= 4 is 6.29 Å². The number of hydrogen-bond donors (Lipinski definition) is 0. The van der Waals surface area contributed by atoms with Gasteiger partial charge < -0.3 is 0 Å². The largest absolute Gasteiger partial charge is 0.298 e. The summed E-state index contributed by atoms with van der Waals surface area (Å²) in [6.45, 7) is 1.95. The molecule has 0 heterocycles. The third kappa shape index (κ3) is 1.22. The molecule has 0 aliphatic heterocycles. The molecule has 0 N–H and O–H groups in total. The maximum atomic E-state index is 10.9. The molecule has 1 fully saturated rings. The van der Waals surface area contributed by atoms with E-state index >= 15 is 0 Å². The molecule has 2 rings (SSSR count). The van der Waals surface area contributed by atoms with Crippen molar-refractivity contribution in [2.75, 3.05) is 0 Å². The number of aldehydes is 1. The average Bonchev–Trinajstić information content (AvgIpc) is 2.98. The monoisotopic (exact) mass is 185 g/mol. The highest BCUT2D eigenvalue weighted by atomic mass is 16.1. The van der Waals surface area contributed by atoms with Crippen LogP contribution in [0, 0.1) is 18.3 Å². The molecule has 0 unspecified atom stereocenters. The lowest BCUT2D eigenvalue weighted by atomic mass is 9.92. The highest BCUT2D eigenvalue weighted by Gasteiger charge is 2.46. The van der Waals surface area contributed by atoms with Gasteiger partial charge >= 0.3 is 0 Å². The SMILES string of the molecule is Cc1ccc(C2(C#N)CC2)c(C=O)c1. The number of benzene rings is 1. The van der Waals surface area contributed by atoms with Crippen molar-refractivity contribution in [3.05, 3.63) is 34.9 Å². The fraction of sp³-hybridized carbons (Fsp3) is 0.333. The molecule has 1 saturated carbocycles. The molecule has 70 valence electrons. The average molecular weight is 185 g/mol. The summed E-state index contributed by atoms with van der Waals surface area (Å²) in [5.41, 5.74) is 2.28. The van der Waals surface area contributed by atoms with Crippen LogP contribution in [0.4, 0.5) is 0 Å². The van der Waals surface area contributed by atoms with Crippen LogP contribution in [0.3, 0.4) is 0 Å². The molecule has 1 aliphatic carbocycles. The van der Waals surface area contributed by atoms with Crippen LogP contribution >= 0.6 is 0 Å². The zero-order chi connectivity index (χ0) is 10.2. The molecule has 0 spiro atoms. The minimum Gasteiger partial charge on any atom is -0.298 e. The van der Waals surface area contributed by atoms with Gasteiger partial charge in [0.1, 0.15) is 6.29 Å². The van der Waals surface area contributed by atoms with Crippen LogP contribution in [0.25, 0.3) is 0 Å². The fourth-order valence-electron chi connectivity index (χ4n) is 1.78. The number of carbonyl (C=O) groups is 1. The van der Waals surface area contributed by atoms with Crippen molar-refractivity contribution in [2.24, 2.45) is 0 Å². The summed E-state index contributed by atoms with van der Waals surface area (Å²) in [5, 5.41) is 9.03. The normalized spacial score (nSPS) is 17.1. The molecule has 14 heavy (non-hydrogen) atoms. The number of aryl methyl sites for hydroxylation is 1. The summed E-state index contributed by atoms with van der Waals surface area (Å²) in [6.07, 6.45) is 2.61. The van der Waals surface area contributed by atoms with Gasteiger partial charge in [0, 0.05) is 5.56 Å². The van der Waals surface area contributed by atoms with Gasteiger partial charge in [-0.05, 0) is 31.4 Å². The second-order valence-electron chi connectivity index (χ2n) is 3.90. The van der Waals surface area contributed by atoms with Crippen molar-refractivity contribution in [2.45, 2.75) is 25.2 Å². The van der Waals surface area contributed by atoms with Crippen LogP contribution in [0.15, 0.2) is 18.2 Å². The molecule has 2 nitrogen and oxygen atoms in total. The highest BCUT2D eigenvalue weighted by Crippen LogP contribution is 2.48. The molecule has 0 radical (unpaired) electrons. The van der Waals surface area contributed by atoms with Gasteiger partial charge in [-0.25, -0.2) is 0 Å². The first-order valence-corrected chi connectivity index (χ1v) is 4.69. The summed E-state index contributed by atoms with van der Waals surface area (Å²) in [5.74, 6) is 0. The lowest BCUT2D eigenvalue weighted by Crippen LogP contribution is -2.06. The van der Waals surface area contributed by atoms with Crippen molar-refractivity contribution in [3.8, 4) is 6.07 Å². The summed E-state index contributed by atoms with van der Waals surface area (Å²) >= 11 is 0. The number of nitrogens with zero attached hydrogens (tertiary/aromatic N) is 1. The maximum absolute atomic E-state index is 10.9. The standard InChI is InChI=1S/C12H11NO/c1-9-2-3-11(10(6-9)7-14)12(8-13)4-5-12/h2-3,6-7H,4-5H2,1H3. The zero-order valence-electron chi connectivity index (χ0n) is 8.08. The molecule has 1 aliphatic rings. The van der Waals surface area contributed by atoms with Crippen LogP contribution in [-0.2, 0) is 5.41 Å². The summed E-state index contributed by atoms with van der Waals surface area (Å²) in [7, 11) is 0.